The summed E-state index contributed by atoms with van der Waals surface area (Å²) in [5, 5.41) is 0. The molecule has 1 fully saturated rings. The topological polar surface area (TPSA) is 35.2 Å². The molecule has 0 saturated heterocycles. The van der Waals surface area contributed by atoms with Crippen LogP contribution in [-0.2, 0) is 4.74 Å². The number of hydrogen-bond acceptors (Lipinski definition) is 2. The first-order valence-electron chi connectivity index (χ1n) is 5.35. The Balaban J connectivity index is 2.02. The Bertz CT molecular complexity index is 188. The van der Waals surface area contributed by atoms with Gasteiger partial charge in [-0.05, 0) is 25.7 Å². The monoisotopic (exact) mass is 225 g/mol. The van der Waals surface area contributed by atoms with E-state index in [4.69, 9.17) is 5.73 Å². The molecule has 0 unspecified atom stereocenters. The molecule has 5 heteroatoms. The SMILES string of the molecule is NC1(CCCOCC(F)(F)F)CCCC1. The van der Waals surface area contributed by atoms with Gasteiger partial charge in [0.2, 0.25) is 0 Å². The highest BCUT2D eigenvalue weighted by Gasteiger charge is 2.29. The lowest BCUT2D eigenvalue weighted by atomic mass is 9.93. The van der Waals surface area contributed by atoms with Crippen molar-refractivity contribution in [3.8, 4) is 0 Å². The van der Waals surface area contributed by atoms with Crippen molar-refractivity contribution in [1.29, 1.82) is 0 Å². The van der Waals surface area contributed by atoms with Crippen molar-refractivity contribution in [3.63, 3.8) is 0 Å². The summed E-state index contributed by atoms with van der Waals surface area (Å²) in [6.45, 7) is -0.997. The van der Waals surface area contributed by atoms with Gasteiger partial charge >= 0.3 is 6.18 Å². The van der Waals surface area contributed by atoms with Crippen LogP contribution in [0.25, 0.3) is 0 Å². The van der Waals surface area contributed by atoms with Crippen LogP contribution in [0.1, 0.15) is 38.5 Å². The molecule has 15 heavy (non-hydrogen) atoms. The first-order valence-corrected chi connectivity index (χ1v) is 5.35. The second kappa shape index (κ2) is 5.16. The van der Waals surface area contributed by atoms with Crippen molar-refractivity contribution in [2.24, 2.45) is 5.73 Å². The highest BCUT2D eigenvalue weighted by atomic mass is 19.4. The molecular formula is C10H18F3NO. The highest BCUT2D eigenvalue weighted by molar-refractivity contribution is 4.88. The largest absolute Gasteiger partial charge is 0.411 e. The van der Waals surface area contributed by atoms with Crippen molar-refractivity contribution in [2.75, 3.05) is 13.2 Å². The van der Waals surface area contributed by atoms with E-state index in [1.807, 2.05) is 0 Å². The van der Waals surface area contributed by atoms with E-state index in [0.717, 1.165) is 32.1 Å². The highest BCUT2D eigenvalue weighted by Crippen LogP contribution is 2.30. The minimum atomic E-state index is -4.21. The van der Waals surface area contributed by atoms with Crippen LogP contribution < -0.4 is 5.73 Å². The molecule has 0 aromatic carbocycles. The van der Waals surface area contributed by atoms with Crippen LogP contribution in [0.4, 0.5) is 13.2 Å². The molecule has 0 heterocycles. The summed E-state index contributed by atoms with van der Waals surface area (Å²) in [6.07, 6.45) is 1.43. The molecule has 1 saturated carbocycles. The summed E-state index contributed by atoms with van der Waals surface area (Å²) in [4.78, 5) is 0. The fourth-order valence-electron chi connectivity index (χ4n) is 2.04. The molecule has 0 atom stereocenters. The molecule has 0 spiro atoms. The van der Waals surface area contributed by atoms with E-state index in [-0.39, 0.29) is 12.1 Å². The van der Waals surface area contributed by atoms with Crippen LogP contribution in [-0.4, -0.2) is 24.9 Å². The average Bonchev–Trinajstić information content (AvgIpc) is 2.50. The Morgan fingerprint density at radius 2 is 1.80 bits per heavy atom. The lowest BCUT2D eigenvalue weighted by Crippen LogP contribution is -2.36. The lowest BCUT2D eigenvalue weighted by molar-refractivity contribution is -0.174. The normalized spacial score (nSPS) is 20.8. The minimum Gasteiger partial charge on any atom is -0.372 e. The maximum atomic E-state index is 11.7. The van der Waals surface area contributed by atoms with Crippen LogP contribution in [0, 0.1) is 0 Å². The van der Waals surface area contributed by atoms with Gasteiger partial charge in [-0.25, -0.2) is 0 Å². The zero-order valence-corrected chi connectivity index (χ0v) is 8.78. The fourth-order valence-corrected chi connectivity index (χ4v) is 2.04. The van der Waals surface area contributed by atoms with Gasteiger partial charge in [-0.3, -0.25) is 0 Å². The van der Waals surface area contributed by atoms with Crippen LogP contribution in [0.15, 0.2) is 0 Å². The zero-order valence-electron chi connectivity index (χ0n) is 8.78. The van der Waals surface area contributed by atoms with Gasteiger partial charge in [-0.2, -0.15) is 13.2 Å². The maximum absolute atomic E-state index is 11.7. The van der Waals surface area contributed by atoms with E-state index in [2.05, 4.69) is 4.74 Å². The van der Waals surface area contributed by atoms with Crippen LogP contribution in [0.2, 0.25) is 0 Å². The summed E-state index contributed by atoms with van der Waals surface area (Å²) >= 11 is 0. The van der Waals surface area contributed by atoms with E-state index in [9.17, 15) is 13.2 Å². The van der Waals surface area contributed by atoms with Crippen molar-refractivity contribution < 1.29 is 17.9 Å². The molecule has 0 aliphatic heterocycles. The van der Waals surface area contributed by atoms with Gasteiger partial charge in [0.05, 0.1) is 0 Å². The van der Waals surface area contributed by atoms with Crippen molar-refractivity contribution in [1.82, 2.24) is 0 Å². The Morgan fingerprint density at radius 3 is 2.33 bits per heavy atom. The summed E-state index contributed by atoms with van der Waals surface area (Å²) in [7, 11) is 0. The second-order valence-electron chi connectivity index (χ2n) is 4.34. The average molecular weight is 225 g/mol. The Morgan fingerprint density at radius 1 is 1.20 bits per heavy atom. The Labute approximate surface area is 88.0 Å². The van der Waals surface area contributed by atoms with Crippen LogP contribution in [0.3, 0.4) is 0 Å². The number of nitrogens with two attached hydrogens (primary N) is 1. The number of halogens is 3. The van der Waals surface area contributed by atoms with E-state index >= 15 is 0 Å². The second-order valence-corrected chi connectivity index (χ2v) is 4.34. The van der Waals surface area contributed by atoms with Gasteiger partial charge in [0.25, 0.3) is 0 Å². The van der Waals surface area contributed by atoms with Gasteiger partial charge in [0.15, 0.2) is 0 Å². The third-order valence-corrected chi connectivity index (χ3v) is 2.83. The molecule has 0 bridgehead atoms. The zero-order chi connectivity index (χ0) is 11.4. The number of ether oxygens (including phenoxy) is 1. The van der Waals surface area contributed by atoms with E-state index < -0.39 is 12.8 Å². The number of hydrogen-bond donors (Lipinski definition) is 1. The molecule has 0 aromatic heterocycles. The summed E-state index contributed by atoms with van der Waals surface area (Å²) < 4.78 is 39.7. The molecule has 1 rings (SSSR count). The molecule has 2 N–H and O–H groups in total. The molecule has 0 amide bonds. The standard InChI is InChI=1S/C10H18F3NO/c11-10(12,13)8-15-7-3-6-9(14)4-1-2-5-9/h1-8,14H2. The predicted molar refractivity (Wildman–Crippen MR) is 51.5 cm³/mol. The van der Waals surface area contributed by atoms with Gasteiger partial charge in [-0.15, -0.1) is 0 Å². The molecule has 0 radical (unpaired) electrons. The van der Waals surface area contributed by atoms with E-state index in [1.165, 1.54) is 0 Å². The third kappa shape index (κ3) is 5.37. The van der Waals surface area contributed by atoms with Gasteiger partial charge in [0, 0.05) is 12.1 Å². The molecule has 0 aromatic rings. The van der Waals surface area contributed by atoms with Crippen molar-refractivity contribution >= 4 is 0 Å². The Kier molecular flexibility index (Phi) is 4.40. The van der Waals surface area contributed by atoms with Crippen LogP contribution in [0.5, 0.6) is 0 Å². The van der Waals surface area contributed by atoms with Gasteiger partial charge in [0.1, 0.15) is 6.61 Å². The van der Waals surface area contributed by atoms with Crippen molar-refractivity contribution in [2.45, 2.75) is 50.2 Å². The number of alkyl halides is 3. The van der Waals surface area contributed by atoms with E-state index in [1.54, 1.807) is 0 Å². The smallest absolute Gasteiger partial charge is 0.372 e. The first kappa shape index (κ1) is 12.8. The molecule has 2 nitrogen and oxygen atoms in total. The third-order valence-electron chi connectivity index (χ3n) is 2.83. The van der Waals surface area contributed by atoms with E-state index in [0.29, 0.717) is 6.42 Å². The molecule has 90 valence electrons. The summed E-state index contributed by atoms with van der Waals surface area (Å²) in [6, 6.07) is 0. The molecular weight excluding hydrogens is 207 g/mol. The quantitative estimate of drug-likeness (QED) is 0.730. The van der Waals surface area contributed by atoms with Gasteiger partial charge < -0.3 is 10.5 Å². The van der Waals surface area contributed by atoms with Crippen LogP contribution >= 0.6 is 0 Å². The first-order chi connectivity index (χ1) is 6.91. The maximum Gasteiger partial charge on any atom is 0.411 e. The molecule has 1 aliphatic rings. The minimum absolute atomic E-state index is 0.137. The predicted octanol–water partition coefficient (Wildman–Crippen LogP) is 2.62. The summed E-state index contributed by atoms with van der Waals surface area (Å²) in [5.74, 6) is 0. The lowest BCUT2D eigenvalue weighted by Gasteiger charge is -2.23. The van der Waals surface area contributed by atoms with Crippen molar-refractivity contribution in [3.05, 3.63) is 0 Å². The summed E-state index contributed by atoms with van der Waals surface area (Å²) in [5.41, 5.74) is 5.91. The fraction of sp³-hybridized carbons (Fsp3) is 1.00. The number of rotatable bonds is 5. The van der Waals surface area contributed by atoms with Gasteiger partial charge in [-0.1, -0.05) is 12.8 Å². The molecule has 1 aliphatic carbocycles. The Hall–Kier alpha value is -0.290.